The van der Waals surface area contributed by atoms with E-state index in [1.54, 1.807) is 0 Å². The summed E-state index contributed by atoms with van der Waals surface area (Å²) in [6, 6.07) is 8.17. The summed E-state index contributed by atoms with van der Waals surface area (Å²) in [6.45, 7) is 2.66. The Hall–Kier alpha value is -2.24. The minimum atomic E-state index is -0.720. The fourth-order valence-electron chi connectivity index (χ4n) is 4.00. The molecule has 142 valence electrons. The van der Waals surface area contributed by atoms with E-state index >= 15 is 0 Å². The quantitative estimate of drug-likeness (QED) is 0.754. The maximum Gasteiger partial charge on any atom is 0.315 e. The summed E-state index contributed by atoms with van der Waals surface area (Å²) >= 11 is 0. The lowest BCUT2D eigenvalue weighted by Crippen LogP contribution is -2.44. The Morgan fingerprint density at radius 3 is 2.42 bits per heavy atom. The monoisotopic (exact) mass is 359 g/mol. The lowest BCUT2D eigenvalue weighted by Gasteiger charge is -2.31. The smallest absolute Gasteiger partial charge is 0.315 e. The lowest BCUT2D eigenvalue weighted by molar-refractivity contribution is -0.142. The minimum absolute atomic E-state index is 0.0722. The van der Waals surface area contributed by atoms with Crippen molar-refractivity contribution in [2.45, 2.75) is 57.5 Å². The molecule has 0 atom stereocenters. The number of rotatable bonds is 5. The largest absolute Gasteiger partial charge is 0.481 e. The van der Waals surface area contributed by atoms with Gasteiger partial charge in [-0.3, -0.25) is 4.79 Å². The average Bonchev–Trinajstić information content (AvgIpc) is 2.68. The summed E-state index contributed by atoms with van der Waals surface area (Å²) in [6.07, 6.45) is 6.48. The highest BCUT2D eigenvalue weighted by Gasteiger charge is 2.26. The van der Waals surface area contributed by atoms with Gasteiger partial charge in [-0.1, -0.05) is 18.2 Å². The van der Waals surface area contributed by atoms with E-state index in [-0.39, 0.29) is 18.0 Å². The Balaban J connectivity index is 1.48. The van der Waals surface area contributed by atoms with Gasteiger partial charge in [-0.15, -0.1) is 0 Å². The zero-order valence-corrected chi connectivity index (χ0v) is 15.2. The molecule has 2 amide bonds. The molecule has 1 aromatic carbocycles. The van der Waals surface area contributed by atoms with E-state index in [4.69, 9.17) is 5.11 Å². The molecule has 3 rings (SSSR count). The second kappa shape index (κ2) is 8.92. The molecule has 6 nitrogen and oxygen atoms in total. The number of carboxylic acid groups (broad SMARTS) is 1. The number of anilines is 1. The van der Waals surface area contributed by atoms with E-state index < -0.39 is 5.97 Å². The van der Waals surface area contributed by atoms with Crippen molar-refractivity contribution in [2.75, 3.05) is 18.0 Å². The Bertz CT molecular complexity index is 620. The topological polar surface area (TPSA) is 81.7 Å². The van der Waals surface area contributed by atoms with Crippen molar-refractivity contribution < 1.29 is 14.7 Å². The number of hydrogen-bond acceptors (Lipinski definition) is 3. The molecule has 0 aromatic heterocycles. The zero-order valence-electron chi connectivity index (χ0n) is 15.2. The molecule has 26 heavy (non-hydrogen) atoms. The number of nitrogens with zero attached hydrogens (tertiary/aromatic N) is 1. The van der Waals surface area contributed by atoms with Gasteiger partial charge in [0.15, 0.2) is 0 Å². The summed E-state index contributed by atoms with van der Waals surface area (Å²) in [5.74, 6) is -0.977. The van der Waals surface area contributed by atoms with Crippen molar-refractivity contribution in [3.05, 3.63) is 29.8 Å². The number of carbonyl (C=O) groups excluding carboxylic acids is 1. The molecule has 1 saturated heterocycles. The molecule has 0 bridgehead atoms. The number of carbonyl (C=O) groups is 2. The second-order valence-corrected chi connectivity index (χ2v) is 7.39. The van der Waals surface area contributed by atoms with Crippen LogP contribution in [0.3, 0.4) is 0 Å². The molecule has 6 heteroatoms. The van der Waals surface area contributed by atoms with Crippen molar-refractivity contribution in [3.63, 3.8) is 0 Å². The van der Waals surface area contributed by atoms with Crippen LogP contribution in [0.15, 0.2) is 24.3 Å². The Labute approximate surface area is 155 Å². The first-order chi connectivity index (χ1) is 12.6. The predicted octanol–water partition coefficient (Wildman–Crippen LogP) is 3.12. The minimum Gasteiger partial charge on any atom is -0.481 e. The molecule has 0 unspecified atom stereocenters. The number of aliphatic carboxylic acids is 1. The number of para-hydroxylation sites is 1. The van der Waals surface area contributed by atoms with Gasteiger partial charge < -0.3 is 20.6 Å². The van der Waals surface area contributed by atoms with Gasteiger partial charge in [0.25, 0.3) is 0 Å². The van der Waals surface area contributed by atoms with Crippen LogP contribution in [0.25, 0.3) is 0 Å². The van der Waals surface area contributed by atoms with Gasteiger partial charge in [0.1, 0.15) is 0 Å². The molecule has 2 aliphatic rings. The third-order valence-electron chi connectivity index (χ3n) is 5.54. The third-order valence-corrected chi connectivity index (χ3v) is 5.54. The van der Waals surface area contributed by atoms with Gasteiger partial charge in [-0.2, -0.15) is 0 Å². The SMILES string of the molecule is O=C(NCc1ccccc1N1CCCCC1)NC1CCC(C(=O)O)CC1. The van der Waals surface area contributed by atoms with Gasteiger partial charge in [-0.05, 0) is 56.6 Å². The summed E-state index contributed by atoms with van der Waals surface area (Å²) in [7, 11) is 0. The Morgan fingerprint density at radius 2 is 1.73 bits per heavy atom. The molecule has 1 aromatic rings. The van der Waals surface area contributed by atoms with E-state index in [0.717, 1.165) is 31.5 Å². The maximum atomic E-state index is 12.2. The fourth-order valence-corrected chi connectivity index (χ4v) is 4.00. The number of amides is 2. The van der Waals surface area contributed by atoms with Crippen LogP contribution < -0.4 is 15.5 Å². The second-order valence-electron chi connectivity index (χ2n) is 7.39. The van der Waals surface area contributed by atoms with Crippen molar-refractivity contribution in [3.8, 4) is 0 Å². The number of hydrogen-bond donors (Lipinski definition) is 3. The van der Waals surface area contributed by atoms with Gasteiger partial charge in [0.2, 0.25) is 0 Å². The van der Waals surface area contributed by atoms with Crippen LogP contribution in [0.1, 0.15) is 50.5 Å². The lowest BCUT2D eigenvalue weighted by atomic mass is 9.86. The maximum absolute atomic E-state index is 12.2. The predicted molar refractivity (Wildman–Crippen MR) is 101 cm³/mol. The van der Waals surface area contributed by atoms with E-state index in [1.807, 2.05) is 6.07 Å². The first kappa shape index (κ1) is 18.5. The molecule has 0 spiro atoms. The molecular weight excluding hydrogens is 330 g/mol. The van der Waals surface area contributed by atoms with Gasteiger partial charge in [-0.25, -0.2) is 4.79 Å². The molecule has 1 aliphatic carbocycles. The van der Waals surface area contributed by atoms with Gasteiger partial charge in [0.05, 0.1) is 5.92 Å². The highest BCUT2D eigenvalue weighted by Crippen LogP contribution is 2.25. The van der Waals surface area contributed by atoms with Crippen LogP contribution in [-0.2, 0) is 11.3 Å². The van der Waals surface area contributed by atoms with Crippen molar-refractivity contribution in [1.29, 1.82) is 0 Å². The molecule has 1 heterocycles. The zero-order chi connectivity index (χ0) is 18.4. The van der Waals surface area contributed by atoms with E-state index in [0.29, 0.717) is 19.4 Å². The number of urea groups is 1. The number of benzene rings is 1. The first-order valence-corrected chi connectivity index (χ1v) is 9.73. The van der Waals surface area contributed by atoms with Crippen LogP contribution in [-0.4, -0.2) is 36.2 Å². The summed E-state index contributed by atoms with van der Waals surface area (Å²) in [5, 5.41) is 15.0. The molecule has 1 saturated carbocycles. The summed E-state index contributed by atoms with van der Waals surface area (Å²) in [5.41, 5.74) is 2.36. The Morgan fingerprint density at radius 1 is 1.04 bits per heavy atom. The van der Waals surface area contributed by atoms with Crippen LogP contribution in [0.5, 0.6) is 0 Å². The average molecular weight is 359 g/mol. The molecule has 2 fully saturated rings. The number of carboxylic acids is 1. The highest BCUT2D eigenvalue weighted by molar-refractivity contribution is 5.74. The van der Waals surface area contributed by atoms with Crippen molar-refractivity contribution in [2.24, 2.45) is 5.92 Å². The van der Waals surface area contributed by atoms with Crippen LogP contribution in [0.2, 0.25) is 0 Å². The first-order valence-electron chi connectivity index (χ1n) is 9.73. The number of piperidine rings is 1. The van der Waals surface area contributed by atoms with E-state index in [1.165, 1.54) is 24.9 Å². The van der Waals surface area contributed by atoms with Crippen molar-refractivity contribution >= 4 is 17.7 Å². The van der Waals surface area contributed by atoms with Crippen LogP contribution in [0.4, 0.5) is 10.5 Å². The fraction of sp³-hybridized carbons (Fsp3) is 0.600. The van der Waals surface area contributed by atoms with Gasteiger partial charge in [0, 0.05) is 31.4 Å². The highest BCUT2D eigenvalue weighted by atomic mass is 16.4. The molecular formula is C20H29N3O3. The standard InChI is InChI=1S/C20H29N3O3/c24-19(25)15-8-10-17(11-9-15)22-20(26)21-14-16-6-2-3-7-18(16)23-12-4-1-5-13-23/h2-3,6-7,15,17H,1,4-5,8-14H2,(H,24,25)(H2,21,22,26). The van der Waals surface area contributed by atoms with E-state index in [9.17, 15) is 9.59 Å². The molecule has 3 N–H and O–H groups in total. The Kier molecular flexibility index (Phi) is 6.36. The summed E-state index contributed by atoms with van der Waals surface area (Å²) < 4.78 is 0. The molecule has 0 radical (unpaired) electrons. The van der Waals surface area contributed by atoms with Crippen molar-refractivity contribution in [1.82, 2.24) is 10.6 Å². The van der Waals surface area contributed by atoms with Crippen LogP contribution in [0, 0.1) is 5.92 Å². The third kappa shape index (κ3) is 4.90. The van der Waals surface area contributed by atoms with Gasteiger partial charge >= 0.3 is 12.0 Å². The molecule has 1 aliphatic heterocycles. The number of nitrogens with one attached hydrogen (secondary N) is 2. The normalized spacial score (nSPS) is 23.3. The van der Waals surface area contributed by atoms with E-state index in [2.05, 4.69) is 33.7 Å². The van der Waals surface area contributed by atoms with Crippen LogP contribution >= 0.6 is 0 Å². The summed E-state index contributed by atoms with van der Waals surface area (Å²) in [4.78, 5) is 25.6.